The van der Waals surface area contributed by atoms with Gasteiger partial charge in [-0.2, -0.15) is 0 Å². The number of nitrogens with zero attached hydrogens (tertiary/aromatic N) is 4. The number of methoxy groups -OCH3 is 1. The molecule has 1 saturated carbocycles. The van der Waals surface area contributed by atoms with E-state index in [2.05, 4.69) is 47.4 Å². The van der Waals surface area contributed by atoms with Crippen LogP contribution in [0.2, 0.25) is 0 Å². The van der Waals surface area contributed by atoms with E-state index in [1.54, 1.807) is 16.2 Å². The molecule has 3 N–H and O–H groups in total. The Balaban J connectivity index is 1.20. The molecule has 3 fully saturated rings. The van der Waals surface area contributed by atoms with Gasteiger partial charge in [-0.05, 0) is 74.2 Å². The maximum absolute atomic E-state index is 13.5. The number of carbonyl (C=O) groups is 3. The van der Waals surface area contributed by atoms with Gasteiger partial charge in [0, 0.05) is 25.6 Å². The molecule has 3 amide bonds. The molecule has 4 heterocycles. The lowest BCUT2D eigenvalue weighted by Gasteiger charge is -2.38. The number of amides is 3. The molecule has 3 aliphatic rings. The number of benzene rings is 1. The summed E-state index contributed by atoms with van der Waals surface area (Å²) in [6.07, 6.45) is 5.48. The van der Waals surface area contributed by atoms with Crippen molar-refractivity contribution in [1.29, 1.82) is 0 Å². The van der Waals surface area contributed by atoms with E-state index >= 15 is 0 Å². The van der Waals surface area contributed by atoms with Gasteiger partial charge in [-0.25, -0.2) is 9.97 Å². The maximum atomic E-state index is 13.5. The highest BCUT2D eigenvalue weighted by molar-refractivity contribution is 7.18. The highest BCUT2D eigenvalue weighted by Crippen LogP contribution is 2.47. The zero-order valence-corrected chi connectivity index (χ0v) is 24.4. The van der Waals surface area contributed by atoms with Crippen LogP contribution in [0, 0.1) is 17.8 Å². The lowest BCUT2D eigenvalue weighted by atomic mass is 9.89. The van der Waals surface area contributed by atoms with Gasteiger partial charge in [-0.15, -0.1) is 11.3 Å². The quantitative estimate of drug-likeness (QED) is 0.442. The van der Waals surface area contributed by atoms with Crippen LogP contribution in [0.25, 0.3) is 10.2 Å². The number of nitrogens with one attached hydrogen (secondary N) is 1. The first-order valence-corrected chi connectivity index (χ1v) is 15.1. The van der Waals surface area contributed by atoms with Crippen LogP contribution in [0.5, 0.6) is 5.88 Å². The Morgan fingerprint density at radius 2 is 1.85 bits per heavy atom. The molecule has 0 radical (unpaired) electrons. The van der Waals surface area contributed by atoms with Crippen LogP contribution < -0.4 is 15.8 Å². The van der Waals surface area contributed by atoms with Gasteiger partial charge in [0.2, 0.25) is 5.88 Å². The Bertz CT molecular complexity index is 1490. The number of primary amides is 1. The molecule has 10 nitrogen and oxygen atoms in total. The number of rotatable bonds is 5. The van der Waals surface area contributed by atoms with Gasteiger partial charge in [0.15, 0.2) is 0 Å². The van der Waals surface area contributed by atoms with E-state index in [0.29, 0.717) is 12.5 Å². The second-order valence-corrected chi connectivity index (χ2v) is 13.0. The third-order valence-electron chi connectivity index (χ3n) is 8.94. The van der Waals surface area contributed by atoms with E-state index in [0.717, 1.165) is 40.5 Å². The number of nitrogens with two attached hydrogens (primary N) is 1. The van der Waals surface area contributed by atoms with Crippen LogP contribution in [0.15, 0.2) is 30.5 Å². The molecule has 2 aromatic heterocycles. The lowest BCUT2D eigenvalue weighted by Crippen LogP contribution is -2.46. The summed E-state index contributed by atoms with van der Waals surface area (Å²) >= 11 is 1.79. The van der Waals surface area contributed by atoms with Crippen molar-refractivity contribution in [3.8, 4) is 5.88 Å². The van der Waals surface area contributed by atoms with Crippen molar-refractivity contribution in [1.82, 2.24) is 19.8 Å². The number of likely N-dealkylation sites (tertiary alicyclic amines) is 2. The SMILES string of the molecule is COc1ncc(NC(=O)C(=O)N2C[C@@H](C)CC[C@@H]2c2ccc3sc([C@@H]4C[C@@H]5CN(C)C[C@@H]5C4)nc3c2)cc1C(N)=O. The molecule has 5 atom stereocenters. The van der Waals surface area contributed by atoms with Crippen LogP contribution in [0.1, 0.15) is 65.5 Å². The van der Waals surface area contributed by atoms with E-state index in [4.69, 9.17) is 15.5 Å². The van der Waals surface area contributed by atoms with E-state index in [1.165, 1.54) is 50.3 Å². The third-order valence-corrected chi connectivity index (χ3v) is 10.1. The van der Waals surface area contributed by atoms with Crippen molar-refractivity contribution in [2.75, 3.05) is 39.1 Å². The number of carbonyl (C=O) groups excluding carboxylic acids is 3. The molecule has 6 rings (SSSR count). The minimum atomic E-state index is -0.791. The summed E-state index contributed by atoms with van der Waals surface area (Å²) in [5, 5.41) is 3.81. The van der Waals surface area contributed by atoms with Gasteiger partial charge in [-0.1, -0.05) is 13.0 Å². The molecule has 41 heavy (non-hydrogen) atoms. The Hall–Kier alpha value is -3.57. The molecule has 1 aromatic carbocycles. The number of thiazole rings is 1. The van der Waals surface area contributed by atoms with E-state index in [-0.39, 0.29) is 29.1 Å². The normalized spacial score (nSPS) is 26.2. The number of anilines is 1. The zero-order valence-electron chi connectivity index (χ0n) is 23.6. The fourth-order valence-corrected chi connectivity index (χ4v) is 8.05. The smallest absolute Gasteiger partial charge is 0.313 e. The number of piperidine rings is 1. The summed E-state index contributed by atoms with van der Waals surface area (Å²) in [4.78, 5) is 51.6. The summed E-state index contributed by atoms with van der Waals surface area (Å²) in [6, 6.07) is 7.43. The average Bonchev–Trinajstić information content (AvgIpc) is 3.64. The second kappa shape index (κ2) is 11.0. The summed E-state index contributed by atoms with van der Waals surface area (Å²) in [5.41, 5.74) is 7.59. The van der Waals surface area contributed by atoms with Crippen molar-refractivity contribution in [3.63, 3.8) is 0 Å². The van der Waals surface area contributed by atoms with Crippen molar-refractivity contribution in [2.45, 2.75) is 44.6 Å². The summed E-state index contributed by atoms with van der Waals surface area (Å²) in [7, 11) is 3.59. The molecule has 0 spiro atoms. The van der Waals surface area contributed by atoms with Gasteiger partial charge >= 0.3 is 11.8 Å². The zero-order chi connectivity index (χ0) is 28.8. The number of ether oxygens (including phenoxy) is 1. The fourth-order valence-electron chi connectivity index (χ4n) is 6.98. The highest BCUT2D eigenvalue weighted by atomic mass is 32.1. The molecule has 1 aliphatic carbocycles. The number of hydrogen-bond donors (Lipinski definition) is 2. The number of aromatic nitrogens is 2. The van der Waals surface area contributed by atoms with Gasteiger partial charge in [0.1, 0.15) is 5.56 Å². The van der Waals surface area contributed by atoms with Gasteiger partial charge in [0.25, 0.3) is 5.91 Å². The topological polar surface area (TPSA) is 131 Å². The molecule has 3 aromatic rings. The summed E-state index contributed by atoms with van der Waals surface area (Å²) < 4.78 is 6.22. The van der Waals surface area contributed by atoms with Crippen molar-refractivity contribution < 1.29 is 19.1 Å². The first-order chi connectivity index (χ1) is 19.7. The molecule has 2 aliphatic heterocycles. The Labute approximate surface area is 243 Å². The van der Waals surface area contributed by atoms with Crippen LogP contribution in [-0.4, -0.2) is 71.3 Å². The lowest BCUT2D eigenvalue weighted by molar-refractivity contribution is -0.146. The van der Waals surface area contributed by atoms with E-state index in [9.17, 15) is 14.4 Å². The highest BCUT2D eigenvalue weighted by Gasteiger charge is 2.41. The average molecular weight is 577 g/mol. The fraction of sp³-hybridized carbons (Fsp3) is 0.500. The summed E-state index contributed by atoms with van der Waals surface area (Å²) in [5.74, 6) is 0.237. The van der Waals surface area contributed by atoms with Crippen LogP contribution in [0.4, 0.5) is 5.69 Å². The van der Waals surface area contributed by atoms with Crippen molar-refractivity contribution in [2.24, 2.45) is 23.5 Å². The van der Waals surface area contributed by atoms with Crippen LogP contribution in [-0.2, 0) is 9.59 Å². The number of pyridine rings is 1. The molecule has 2 saturated heterocycles. The van der Waals surface area contributed by atoms with E-state index < -0.39 is 17.7 Å². The van der Waals surface area contributed by atoms with Crippen molar-refractivity contribution in [3.05, 3.63) is 46.6 Å². The largest absolute Gasteiger partial charge is 0.480 e. The number of hydrogen-bond acceptors (Lipinski definition) is 8. The number of fused-ring (bicyclic) bond motifs is 2. The third kappa shape index (κ3) is 5.40. The second-order valence-electron chi connectivity index (χ2n) is 11.9. The molecular weight excluding hydrogens is 540 g/mol. The minimum absolute atomic E-state index is 0.0197. The van der Waals surface area contributed by atoms with Crippen LogP contribution in [0.3, 0.4) is 0 Å². The maximum Gasteiger partial charge on any atom is 0.313 e. The molecule has 0 unspecified atom stereocenters. The first kappa shape index (κ1) is 27.6. The Morgan fingerprint density at radius 1 is 1.10 bits per heavy atom. The van der Waals surface area contributed by atoms with Crippen molar-refractivity contribution >= 4 is 45.0 Å². The predicted octanol–water partition coefficient (Wildman–Crippen LogP) is 3.79. The molecule has 0 bridgehead atoms. The first-order valence-electron chi connectivity index (χ1n) is 14.2. The van der Waals surface area contributed by atoms with Crippen LogP contribution >= 0.6 is 11.3 Å². The van der Waals surface area contributed by atoms with Gasteiger partial charge in [-0.3, -0.25) is 14.4 Å². The van der Waals surface area contributed by atoms with E-state index in [1.807, 2.05) is 0 Å². The minimum Gasteiger partial charge on any atom is -0.480 e. The molecular formula is C30H36N6O4S. The predicted molar refractivity (Wildman–Crippen MR) is 157 cm³/mol. The Kier molecular flexibility index (Phi) is 7.41. The monoisotopic (exact) mass is 576 g/mol. The van der Waals surface area contributed by atoms with Gasteiger partial charge < -0.3 is 25.6 Å². The molecule has 216 valence electrons. The summed E-state index contributed by atoms with van der Waals surface area (Å²) in [6.45, 7) is 4.94. The molecule has 11 heteroatoms. The Morgan fingerprint density at radius 3 is 2.56 bits per heavy atom. The standard InChI is InChI=1S/C30H36N6O4S/c1-16-4-6-24(36(13-16)30(39)27(38)33-21-11-22(26(31)37)28(40-3)32-12-21)17-5-7-25-23(10-17)34-29(41-25)18-8-19-14-35(2)15-20(19)9-18/h5,7,10-12,16,18-20,24H,4,6,8-9,13-15H2,1-3H3,(H2,31,37)(H,33,38)/t16-,18-,19-,20+,24+/m0/s1. The van der Waals surface area contributed by atoms with Gasteiger partial charge in [0.05, 0.1) is 40.3 Å².